The fourth-order valence-corrected chi connectivity index (χ4v) is 2.81. The average Bonchev–Trinajstić information content (AvgIpc) is 3.24. The topological polar surface area (TPSA) is 77.0 Å². The molecule has 0 saturated heterocycles. The van der Waals surface area contributed by atoms with Gasteiger partial charge in [-0.2, -0.15) is 5.10 Å². The third-order valence-electron chi connectivity index (χ3n) is 3.53. The monoisotopic (exact) mass is 380 g/mol. The highest BCUT2D eigenvalue weighted by molar-refractivity contribution is 7.12. The Balaban J connectivity index is 1.66. The van der Waals surface area contributed by atoms with Crippen molar-refractivity contribution < 1.29 is 19.1 Å². The number of nitrogens with zero attached hydrogens (tertiary/aromatic N) is 1. The van der Waals surface area contributed by atoms with Crippen LogP contribution >= 0.6 is 11.3 Å². The average molecular weight is 380 g/mol. The van der Waals surface area contributed by atoms with Gasteiger partial charge in [-0.15, -0.1) is 11.3 Å². The van der Waals surface area contributed by atoms with E-state index < -0.39 is 5.97 Å². The van der Waals surface area contributed by atoms with Gasteiger partial charge in [0, 0.05) is 5.56 Å². The Hall–Kier alpha value is -3.45. The van der Waals surface area contributed by atoms with E-state index in [1.807, 2.05) is 6.07 Å². The van der Waals surface area contributed by atoms with Gasteiger partial charge in [0.1, 0.15) is 4.88 Å². The molecule has 0 aliphatic carbocycles. The molecule has 7 heteroatoms. The first kappa shape index (κ1) is 18.3. The number of hydrazone groups is 1. The third kappa shape index (κ3) is 4.80. The minimum atomic E-state index is -0.445. The normalized spacial score (nSPS) is 10.6. The molecule has 0 fully saturated rings. The van der Waals surface area contributed by atoms with Crippen molar-refractivity contribution in [1.82, 2.24) is 5.43 Å². The van der Waals surface area contributed by atoms with Crippen LogP contribution in [0, 0.1) is 0 Å². The third-order valence-corrected chi connectivity index (χ3v) is 4.38. The van der Waals surface area contributed by atoms with Gasteiger partial charge >= 0.3 is 5.97 Å². The minimum absolute atomic E-state index is 0.305. The van der Waals surface area contributed by atoms with Gasteiger partial charge < -0.3 is 9.47 Å². The van der Waals surface area contributed by atoms with E-state index in [0.717, 1.165) is 0 Å². The Labute approximate surface area is 160 Å². The first-order chi connectivity index (χ1) is 13.2. The van der Waals surface area contributed by atoms with Crippen LogP contribution in [-0.2, 0) is 0 Å². The first-order valence-corrected chi connectivity index (χ1v) is 8.87. The number of thiophene rings is 1. The molecule has 2 aromatic carbocycles. The van der Waals surface area contributed by atoms with Crippen LogP contribution in [0.15, 0.2) is 71.1 Å². The van der Waals surface area contributed by atoms with E-state index in [9.17, 15) is 9.59 Å². The summed E-state index contributed by atoms with van der Waals surface area (Å²) in [5.74, 6) is -0.0558. The number of amides is 1. The summed E-state index contributed by atoms with van der Waals surface area (Å²) in [6.45, 7) is 0. The molecule has 0 spiro atoms. The van der Waals surface area contributed by atoms with Crippen molar-refractivity contribution in [2.24, 2.45) is 5.10 Å². The number of hydrogen-bond acceptors (Lipinski definition) is 6. The lowest BCUT2D eigenvalue weighted by atomic mass is 10.2. The fraction of sp³-hybridized carbons (Fsp3) is 0.0500. The zero-order valence-corrected chi connectivity index (χ0v) is 15.2. The molecule has 136 valence electrons. The molecule has 27 heavy (non-hydrogen) atoms. The summed E-state index contributed by atoms with van der Waals surface area (Å²) in [5.41, 5.74) is 3.65. The van der Waals surface area contributed by atoms with Gasteiger partial charge in [-0.1, -0.05) is 24.3 Å². The van der Waals surface area contributed by atoms with Crippen molar-refractivity contribution in [3.63, 3.8) is 0 Å². The van der Waals surface area contributed by atoms with Gasteiger partial charge in [0.25, 0.3) is 5.91 Å². The maximum Gasteiger partial charge on any atom is 0.353 e. The van der Waals surface area contributed by atoms with Crippen molar-refractivity contribution in [3.05, 3.63) is 82.0 Å². The lowest BCUT2D eigenvalue weighted by molar-refractivity contribution is 0.0734. The number of carbonyl (C=O) groups excluding carboxylic acids is 2. The maximum atomic E-state index is 12.1. The second-order valence-electron chi connectivity index (χ2n) is 5.34. The van der Waals surface area contributed by atoms with E-state index >= 15 is 0 Å². The largest absolute Gasteiger partial charge is 0.493 e. The number of hydrogen-bond donors (Lipinski definition) is 1. The quantitative estimate of drug-likeness (QED) is 0.306. The molecular weight excluding hydrogens is 364 g/mol. The number of ether oxygens (including phenoxy) is 2. The molecular formula is C20H16N2O4S. The number of methoxy groups -OCH3 is 1. The van der Waals surface area contributed by atoms with Crippen molar-refractivity contribution in [2.45, 2.75) is 0 Å². The molecule has 1 heterocycles. The van der Waals surface area contributed by atoms with E-state index in [2.05, 4.69) is 10.5 Å². The Kier molecular flexibility index (Phi) is 5.96. The van der Waals surface area contributed by atoms with E-state index in [-0.39, 0.29) is 5.91 Å². The molecule has 3 aromatic rings. The molecule has 1 N–H and O–H groups in total. The van der Waals surface area contributed by atoms with Crippen LogP contribution in [0.3, 0.4) is 0 Å². The van der Waals surface area contributed by atoms with Gasteiger partial charge in [0.05, 0.1) is 13.3 Å². The standard InChI is InChI=1S/C20H16N2O4S/c1-25-17-12-14(13-21-22-19(23)15-6-3-2-4-7-15)9-10-16(17)26-20(24)18-8-5-11-27-18/h2-13H,1H3,(H,22,23)/b21-13+. The summed E-state index contributed by atoms with van der Waals surface area (Å²) in [5, 5.41) is 5.74. The van der Waals surface area contributed by atoms with E-state index in [1.165, 1.54) is 24.7 Å². The van der Waals surface area contributed by atoms with E-state index in [4.69, 9.17) is 9.47 Å². The highest BCUT2D eigenvalue weighted by Gasteiger charge is 2.13. The number of carbonyl (C=O) groups is 2. The van der Waals surface area contributed by atoms with Crippen LogP contribution in [0.2, 0.25) is 0 Å². The first-order valence-electron chi connectivity index (χ1n) is 7.99. The SMILES string of the molecule is COc1cc(/C=N/NC(=O)c2ccccc2)ccc1OC(=O)c1cccs1. The van der Waals surface area contributed by atoms with Crippen LogP contribution in [0.4, 0.5) is 0 Å². The van der Waals surface area contributed by atoms with Crippen LogP contribution in [0.1, 0.15) is 25.6 Å². The highest BCUT2D eigenvalue weighted by atomic mass is 32.1. The second kappa shape index (κ2) is 8.77. The predicted octanol–water partition coefficient (Wildman–Crippen LogP) is 3.74. The Morgan fingerprint density at radius 1 is 1.04 bits per heavy atom. The molecule has 0 unspecified atom stereocenters. The zero-order valence-electron chi connectivity index (χ0n) is 14.4. The predicted molar refractivity (Wildman–Crippen MR) is 104 cm³/mol. The molecule has 6 nitrogen and oxygen atoms in total. The van der Waals surface area contributed by atoms with Crippen molar-refractivity contribution >= 4 is 29.4 Å². The van der Waals surface area contributed by atoms with Crippen LogP contribution < -0.4 is 14.9 Å². The van der Waals surface area contributed by atoms with Gasteiger partial charge in [0.2, 0.25) is 0 Å². The van der Waals surface area contributed by atoms with E-state index in [0.29, 0.717) is 27.5 Å². The van der Waals surface area contributed by atoms with Gasteiger partial charge in [0.15, 0.2) is 11.5 Å². The fourth-order valence-electron chi connectivity index (χ4n) is 2.21. The van der Waals surface area contributed by atoms with Gasteiger partial charge in [-0.25, -0.2) is 10.2 Å². The van der Waals surface area contributed by atoms with Crippen LogP contribution in [-0.4, -0.2) is 25.2 Å². The molecule has 0 aliphatic heterocycles. The molecule has 0 atom stereocenters. The van der Waals surface area contributed by atoms with Crippen molar-refractivity contribution in [2.75, 3.05) is 7.11 Å². The van der Waals surface area contributed by atoms with Crippen molar-refractivity contribution in [1.29, 1.82) is 0 Å². The molecule has 0 saturated carbocycles. The molecule has 1 aromatic heterocycles. The summed E-state index contributed by atoms with van der Waals surface area (Å²) in [4.78, 5) is 24.5. The maximum absolute atomic E-state index is 12.1. The van der Waals surface area contributed by atoms with Gasteiger partial charge in [-0.3, -0.25) is 4.79 Å². The van der Waals surface area contributed by atoms with Crippen molar-refractivity contribution in [3.8, 4) is 11.5 Å². The van der Waals surface area contributed by atoms with Crippen LogP contribution in [0.25, 0.3) is 0 Å². The Bertz CT molecular complexity index is 953. The van der Waals surface area contributed by atoms with Crippen LogP contribution in [0.5, 0.6) is 11.5 Å². The van der Waals surface area contributed by atoms with Gasteiger partial charge in [-0.05, 0) is 47.3 Å². The second-order valence-corrected chi connectivity index (χ2v) is 6.29. The zero-order chi connectivity index (χ0) is 19.1. The lowest BCUT2D eigenvalue weighted by Crippen LogP contribution is -2.17. The molecule has 0 aliphatic rings. The molecule has 0 radical (unpaired) electrons. The number of benzene rings is 2. The summed E-state index contributed by atoms with van der Waals surface area (Å²) in [6, 6.07) is 17.2. The molecule has 1 amide bonds. The number of nitrogens with one attached hydrogen (secondary N) is 1. The highest BCUT2D eigenvalue weighted by Crippen LogP contribution is 2.28. The van der Waals surface area contributed by atoms with E-state index in [1.54, 1.807) is 60.0 Å². The summed E-state index contributed by atoms with van der Waals surface area (Å²) >= 11 is 1.30. The smallest absolute Gasteiger partial charge is 0.353 e. The Morgan fingerprint density at radius 2 is 1.85 bits per heavy atom. The Morgan fingerprint density at radius 3 is 2.56 bits per heavy atom. The molecule has 3 rings (SSSR count). The summed E-state index contributed by atoms with van der Waals surface area (Å²) in [7, 11) is 1.48. The minimum Gasteiger partial charge on any atom is -0.493 e. The molecule has 0 bridgehead atoms. The number of rotatable bonds is 6. The summed E-state index contributed by atoms with van der Waals surface area (Å²) in [6.07, 6.45) is 1.48. The summed E-state index contributed by atoms with van der Waals surface area (Å²) < 4.78 is 10.6. The lowest BCUT2D eigenvalue weighted by Gasteiger charge is -2.09. The number of esters is 1.